The Kier molecular flexibility index (Phi) is 11.3. The summed E-state index contributed by atoms with van der Waals surface area (Å²) in [5.74, 6) is 6.87. The van der Waals surface area contributed by atoms with Crippen LogP contribution in [-0.4, -0.2) is 83.9 Å². The molecule has 10 heteroatoms. The predicted molar refractivity (Wildman–Crippen MR) is 143 cm³/mol. The van der Waals surface area contributed by atoms with E-state index in [0.29, 0.717) is 43.3 Å². The number of amides is 2. The van der Waals surface area contributed by atoms with E-state index in [1.807, 2.05) is 38.1 Å². The summed E-state index contributed by atoms with van der Waals surface area (Å²) in [6, 6.07) is 3.20. The third-order valence-electron chi connectivity index (χ3n) is 5.22. The molecule has 0 aliphatic heterocycles. The van der Waals surface area contributed by atoms with Gasteiger partial charge in [0.2, 0.25) is 17.8 Å². The number of hydrogen-bond acceptors (Lipinski definition) is 8. The zero-order chi connectivity index (χ0) is 26.5. The number of unbranched alkanes of at least 4 members (excludes halogenated alkanes) is 1. The molecule has 0 aromatic carbocycles. The van der Waals surface area contributed by atoms with E-state index in [1.165, 1.54) is 11.0 Å². The molecule has 0 spiro atoms. The Bertz CT molecular complexity index is 1120. The molecular weight excluding hydrogens is 456 g/mol. The van der Waals surface area contributed by atoms with Crippen molar-refractivity contribution < 1.29 is 9.59 Å². The number of likely N-dealkylation sites (N-methyl/N-ethyl adjacent to an activating group) is 2. The maximum atomic E-state index is 12.4. The van der Waals surface area contributed by atoms with Gasteiger partial charge in [-0.25, -0.2) is 4.98 Å². The molecule has 0 saturated carbocycles. The van der Waals surface area contributed by atoms with E-state index in [2.05, 4.69) is 42.7 Å². The number of nitrogens with one attached hydrogen (secondary N) is 3. The molecule has 192 valence electrons. The van der Waals surface area contributed by atoms with Gasteiger partial charge in [-0.15, -0.1) is 0 Å². The van der Waals surface area contributed by atoms with Gasteiger partial charge >= 0.3 is 0 Å². The summed E-state index contributed by atoms with van der Waals surface area (Å²) in [6.45, 7) is 4.76. The van der Waals surface area contributed by atoms with E-state index in [4.69, 9.17) is 0 Å². The minimum atomic E-state index is -0.564. The first-order valence-electron chi connectivity index (χ1n) is 11.8. The van der Waals surface area contributed by atoms with Crippen molar-refractivity contribution in [1.29, 1.82) is 0 Å². The van der Waals surface area contributed by atoms with Crippen molar-refractivity contribution in [3.8, 4) is 11.8 Å². The number of nitrogens with zero attached hydrogens (tertiary/aromatic N) is 5. The summed E-state index contributed by atoms with van der Waals surface area (Å²) >= 11 is 0. The fourth-order valence-electron chi connectivity index (χ4n) is 3.02. The van der Waals surface area contributed by atoms with Crippen LogP contribution in [0.3, 0.4) is 0 Å². The van der Waals surface area contributed by atoms with E-state index >= 15 is 0 Å². The van der Waals surface area contributed by atoms with Crippen molar-refractivity contribution >= 4 is 29.3 Å². The van der Waals surface area contributed by atoms with Gasteiger partial charge in [-0.3, -0.25) is 14.6 Å². The lowest BCUT2D eigenvalue weighted by Gasteiger charge is -2.23. The quantitative estimate of drug-likeness (QED) is 0.248. The Morgan fingerprint density at radius 2 is 2.00 bits per heavy atom. The van der Waals surface area contributed by atoms with Crippen LogP contribution < -0.4 is 16.0 Å². The van der Waals surface area contributed by atoms with Gasteiger partial charge in [-0.1, -0.05) is 17.9 Å². The second-order valence-electron chi connectivity index (χ2n) is 8.50. The molecule has 0 saturated heterocycles. The zero-order valence-corrected chi connectivity index (χ0v) is 21.9. The molecule has 0 fully saturated rings. The van der Waals surface area contributed by atoms with E-state index < -0.39 is 6.04 Å². The molecule has 0 aliphatic rings. The minimum absolute atomic E-state index is 0.196. The minimum Gasteiger partial charge on any atom is -0.372 e. The molecular formula is C26H36N8O2. The van der Waals surface area contributed by atoms with Gasteiger partial charge in [0.15, 0.2) is 0 Å². The molecule has 2 heterocycles. The van der Waals surface area contributed by atoms with Gasteiger partial charge in [0, 0.05) is 57.3 Å². The highest BCUT2D eigenvalue weighted by Gasteiger charge is 2.20. The van der Waals surface area contributed by atoms with Crippen LogP contribution in [0.1, 0.15) is 31.0 Å². The van der Waals surface area contributed by atoms with E-state index in [9.17, 15) is 9.59 Å². The molecule has 2 amide bonds. The molecule has 0 bridgehead atoms. The monoisotopic (exact) mass is 492 g/mol. The zero-order valence-electron chi connectivity index (χ0n) is 21.9. The number of rotatable bonds is 11. The van der Waals surface area contributed by atoms with Crippen molar-refractivity contribution in [2.45, 2.75) is 32.7 Å². The number of pyridine rings is 1. The lowest BCUT2D eigenvalue weighted by atomic mass is 10.2. The highest BCUT2D eigenvalue weighted by molar-refractivity contribution is 5.92. The van der Waals surface area contributed by atoms with E-state index in [0.717, 1.165) is 11.4 Å². The van der Waals surface area contributed by atoms with Crippen LogP contribution in [0.4, 0.5) is 17.5 Å². The molecule has 3 N–H and O–H groups in total. The molecule has 2 aromatic rings. The fourth-order valence-corrected chi connectivity index (χ4v) is 3.02. The maximum absolute atomic E-state index is 12.4. The first-order valence-corrected chi connectivity index (χ1v) is 11.8. The lowest BCUT2D eigenvalue weighted by molar-refractivity contribution is -0.135. The Morgan fingerprint density at radius 3 is 2.69 bits per heavy atom. The Balaban J connectivity index is 1.81. The van der Waals surface area contributed by atoms with Crippen molar-refractivity contribution in [3.63, 3.8) is 0 Å². The molecule has 10 nitrogen and oxygen atoms in total. The van der Waals surface area contributed by atoms with Crippen LogP contribution in [0, 0.1) is 18.8 Å². The van der Waals surface area contributed by atoms with Gasteiger partial charge in [0.1, 0.15) is 11.9 Å². The molecule has 2 rings (SSSR count). The summed E-state index contributed by atoms with van der Waals surface area (Å²) in [5, 5.41) is 9.07. The van der Waals surface area contributed by atoms with Crippen LogP contribution >= 0.6 is 0 Å². The molecule has 0 aliphatic carbocycles. The number of hydrogen-bond donors (Lipinski definition) is 3. The van der Waals surface area contributed by atoms with Crippen molar-refractivity contribution in [2.75, 3.05) is 51.9 Å². The van der Waals surface area contributed by atoms with Crippen LogP contribution in [0.2, 0.25) is 0 Å². The third kappa shape index (κ3) is 9.35. The van der Waals surface area contributed by atoms with Crippen LogP contribution in [0.15, 0.2) is 36.7 Å². The number of anilines is 3. The largest absolute Gasteiger partial charge is 0.372 e. The molecule has 1 atom stereocenters. The molecule has 36 heavy (non-hydrogen) atoms. The maximum Gasteiger partial charge on any atom is 0.246 e. The van der Waals surface area contributed by atoms with E-state index in [1.54, 1.807) is 39.5 Å². The summed E-state index contributed by atoms with van der Waals surface area (Å²) < 4.78 is 0. The summed E-state index contributed by atoms with van der Waals surface area (Å²) in [6.07, 6.45) is 7.94. The van der Waals surface area contributed by atoms with Crippen LogP contribution in [0.25, 0.3) is 0 Å². The number of carbonyl (C=O) groups excluding carboxylic acids is 2. The smallest absolute Gasteiger partial charge is 0.246 e. The number of aryl methyl sites for hydroxylation is 1. The Hall–Kier alpha value is -3.97. The number of aromatic nitrogens is 3. The summed E-state index contributed by atoms with van der Waals surface area (Å²) in [5.41, 5.74) is 2.44. The van der Waals surface area contributed by atoms with Crippen molar-refractivity contribution in [1.82, 2.24) is 30.1 Å². The first kappa shape index (κ1) is 28.3. The van der Waals surface area contributed by atoms with Gasteiger partial charge in [0.05, 0.1) is 11.8 Å². The summed E-state index contributed by atoms with van der Waals surface area (Å²) in [7, 11) is 7.25. The topological polar surface area (TPSA) is 115 Å². The molecule has 0 unspecified atom stereocenters. The Labute approximate surface area is 213 Å². The molecule has 0 radical (unpaired) electrons. The second kappa shape index (κ2) is 14.4. The Morgan fingerprint density at radius 1 is 1.22 bits per heavy atom. The van der Waals surface area contributed by atoms with Gasteiger partial charge in [0.25, 0.3) is 0 Å². The first-order chi connectivity index (χ1) is 17.2. The second-order valence-corrected chi connectivity index (χ2v) is 8.50. The predicted octanol–water partition coefficient (Wildman–Crippen LogP) is 2.18. The van der Waals surface area contributed by atoms with Crippen LogP contribution in [0.5, 0.6) is 0 Å². The normalized spacial score (nSPS) is 11.5. The van der Waals surface area contributed by atoms with Gasteiger partial charge < -0.3 is 25.8 Å². The summed E-state index contributed by atoms with van der Waals surface area (Å²) in [4.78, 5) is 41.0. The fraction of sp³-hybridized carbons (Fsp3) is 0.423. The highest BCUT2D eigenvalue weighted by Crippen LogP contribution is 2.17. The van der Waals surface area contributed by atoms with E-state index in [-0.39, 0.29) is 11.8 Å². The standard InChI is InChI=1S/C26H36N8O2/c1-19-17-22(13-15-28-19)31-26-30-18-21(24(27-3)32-26)11-8-7-9-14-29-25(36)20(2)34(6)23(35)12-10-16-33(4)5/h10,12-13,15,17-18,20H,7,9,14,16H2,1-6H3,(H,29,36)(H2,27,28,30,31,32)/b12-10+/t20-/m0/s1. The average Bonchev–Trinajstić information content (AvgIpc) is 2.85. The van der Waals surface area contributed by atoms with Crippen LogP contribution in [-0.2, 0) is 9.59 Å². The van der Waals surface area contributed by atoms with Gasteiger partial charge in [-0.05, 0) is 46.5 Å². The van der Waals surface area contributed by atoms with Crippen molar-refractivity contribution in [3.05, 3.63) is 47.9 Å². The third-order valence-corrected chi connectivity index (χ3v) is 5.22. The lowest BCUT2D eigenvalue weighted by Crippen LogP contribution is -2.45. The average molecular weight is 493 g/mol. The SMILES string of the molecule is CNc1nc(Nc2ccnc(C)c2)ncc1C#CCCCNC(=O)[C@H](C)N(C)C(=O)/C=C/CN(C)C. The molecule has 2 aromatic heterocycles. The highest BCUT2D eigenvalue weighted by atomic mass is 16.2. The number of carbonyl (C=O) groups is 2. The van der Waals surface area contributed by atoms with Gasteiger partial charge in [-0.2, -0.15) is 4.98 Å². The van der Waals surface area contributed by atoms with Crippen molar-refractivity contribution in [2.24, 2.45) is 0 Å².